The van der Waals surface area contributed by atoms with E-state index in [1.165, 1.54) is 0 Å². The highest BCUT2D eigenvalue weighted by Crippen LogP contribution is 2.52. The Morgan fingerprint density at radius 3 is 2.36 bits per heavy atom. The SMILES string of the molecule is CC(C)c1c(C2(C(=O)O)CCCC2)cc(Cl)c2c1OCCO2. The lowest BCUT2D eigenvalue weighted by molar-refractivity contribution is -0.143. The third-order valence-electron chi connectivity index (χ3n) is 4.76. The Hall–Kier alpha value is -1.42. The number of carboxylic acid groups (broad SMARTS) is 1. The van der Waals surface area contributed by atoms with E-state index in [0.717, 1.165) is 24.0 Å². The number of hydrogen-bond acceptors (Lipinski definition) is 3. The Morgan fingerprint density at radius 1 is 1.23 bits per heavy atom. The van der Waals surface area contributed by atoms with Crippen LogP contribution in [0, 0.1) is 0 Å². The van der Waals surface area contributed by atoms with Crippen LogP contribution in [0.5, 0.6) is 11.5 Å². The second kappa shape index (κ2) is 5.65. The van der Waals surface area contributed by atoms with Crippen LogP contribution in [0.2, 0.25) is 5.02 Å². The third-order valence-corrected chi connectivity index (χ3v) is 5.05. The van der Waals surface area contributed by atoms with Gasteiger partial charge >= 0.3 is 5.97 Å². The van der Waals surface area contributed by atoms with Crippen molar-refractivity contribution in [3.05, 3.63) is 22.2 Å². The first-order valence-electron chi connectivity index (χ1n) is 7.83. The average molecular weight is 325 g/mol. The van der Waals surface area contributed by atoms with Crippen LogP contribution in [-0.4, -0.2) is 24.3 Å². The molecule has 1 aliphatic heterocycles. The number of carboxylic acids is 1. The first kappa shape index (κ1) is 15.5. The van der Waals surface area contributed by atoms with Gasteiger partial charge in [0.1, 0.15) is 13.2 Å². The number of fused-ring (bicyclic) bond motifs is 1. The van der Waals surface area contributed by atoms with E-state index in [2.05, 4.69) is 13.8 Å². The van der Waals surface area contributed by atoms with Gasteiger partial charge in [-0.3, -0.25) is 4.79 Å². The zero-order valence-corrected chi connectivity index (χ0v) is 13.7. The fraction of sp³-hybridized carbons (Fsp3) is 0.588. The van der Waals surface area contributed by atoms with Crippen molar-refractivity contribution >= 4 is 17.6 Å². The van der Waals surface area contributed by atoms with Gasteiger partial charge in [-0.15, -0.1) is 0 Å². The molecule has 1 aromatic rings. The standard InChI is InChI=1S/C17H21ClO4/c1-10(2)13-11(17(16(19)20)5-3-4-6-17)9-12(18)14-15(13)22-8-7-21-14/h9-10H,3-8H2,1-2H3,(H,19,20). The molecule has 0 unspecified atom stereocenters. The number of aliphatic carboxylic acids is 1. The Labute approximate surface area is 135 Å². The zero-order chi connectivity index (χ0) is 15.9. The maximum absolute atomic E-state index is 12.1. The zero-order valence-electron chi connectivity index (χ0n) is 12.9. The van der Waals surface area contributed by atoms with Gasteiger partial charge in [-0.2, -0.15) is 0 Å². The quantitative estimate of drug-likeness (QED) is 0.908. The molecule has 0 atom stereocenters. The Kier molecular flexibility index (Phi) is 3.98. The molecule has 4 nitrogen and oxygen atoms in total. The number of halogens is 1. The molecule has 5 heteroatoms. The summed E-state index contributed by atoms with van der Waals surface area (Å²) in [6.45, 7) is 5.03. The van der Waals surface area contributed by atoms with Crippen molar-refractivity contribution in [2.24, 2.45) is 0 Å². The van der Waals surface area contributed by atoms with Gasteiger partial charge in [0.15, 0.2) is 11.5 Å². The van der Waals surface area contributed by atoms with E-state index < -0.39 is 11.4 Å². The molecule has 120 valence electrons. The summed E-state index contributed by atoms with van der Waals surface area (Å²) in [6, 6.07) is 1.80. The Morgan fingerprint density at radius 2 is 1.82 bits per heavy atom. The van der Waals surface area contributed by atoms with Gasteiger partial charge in [-0.25, -0.2) is 0 Å². The summed E-state index contributed by atoms with van der Waals surface area (Å²) in [5.41, 5.74) is 0.893. The smallest absolute Gasteiger partial charge is 0.314 e. The first-order chi connectivity index (χ1) is 10.5. The van der Waals surface area contributed by atoms with Crippen molar-refractivity contribution < 1.29 is 19.4 Å². The molecule has 0 saturated heterocycles. The van der Waals surface area contributed by atoms with Gasteiger partial charge in [-0.05, 0) is 30.4 Å². The van der Waals surface area contributed by atoms with Crippen LogP contribution in [0.25, 0.3) is 0 Å². The molecule has 1 aliphatic carbocycles. The molecule has 1 N–H and O–H groups in total. The minimum atomic E-state index is -0.848. The lowest BCUT2D eigenvalue weighted by Crippen LogP contribution is -2.34. The molecule has 1 fully saturated rings. The number of rotatable bonds is 3. The van der Waals surface area contributed by atoms with E-state index in [9.17, 15) is 9.90 Å². The summed E-state index contributed by atoms with van der Waals surface area (Å²) in [6.07, 6.45) is 3.15. The summed E-state index contributed by atoms with van der Waals surface area (Å²) >= 11 is 6.37. The molecule has 0 radical (unpaired) electrons. The first-order valence-corrected chi connectivity index (χ1v) is 8.21. The van der Waals surface area contributed by atoms with Crippen molar-refractivity contribution in [3.63, 3.8) is 0 Å². The minimum absolute atomic E-state index is 0.138. The van der Waals surface area contributed by atoms with Gasteiger partial charge in [0.25, 0.3) is 0 Å². The van der Waals surface area contributed by atoms with Gasteiger partial charge in [0.05, 0.1) is 10.4 Å². The lowest BCUT2D eigenvalue weighted by atomic mass is 9.74. The number of ether oxygens (including phenoxy) is 2. The maximum Gasteiger partial charge on any atom is 0.314 e. The van der Waals surface area contributed by atoms with Gasteiger partial charge in [0.2, 0.25) is 0 Å². The molecule has 22 heavy (non-hydrogen) atoms. The van der Waals surface area contributed by atoms with Crippen LogP contribution >= 0.6 is 11.6 Å². The molecule has 3 rings (SSSR count). The molecule has 1 saturated carbocycles. The van der Waals surface area contributed by atoms with Crippen molar-refractivity contribution in [3.8, 4) is 11.5 Å². The maximum atomic E-state index is 12.1. The highest BCUT2D eigenvalue weighted by molar-refractivity contribution is 6.32. The topological polar surface area (TPSA) is 55.8 Å². The molecular weight excluding hydrogens is 304 g/mol. The third kappa shape index (κ3) is 2.24. The van der Waals surface area contributed by atoms with E-state index in [0.29, 0.717) is 42.6 Å². The molecule has 1 aromatic carbocycles. The van der Waals surface area contributed by atoms with Crippen molar-refractivity contribution in [2.75, 3.05) is 13.2 Å². The largest absolute Gasteiger partial charge is 0.486 e. The lowest BCUT2D eigenvalue weighted by Gasteiger charge is -2.32. The number of carbonyl (C=O) groups is 1. The van der Waals surface area contributed by atoms with E-state index in [1.54, 1.807) is 6.07 Å². The molecule has 0 bridgehead atoms. The van der Waals surface area contributed by atoms with Crippen molar-refractivity contribution in [1.29, 1.82) is 0 Å². The summed E-state index contributed by atoms with van der Waals surface area (Å²) in [7, 11) is 0. The molecule has 0 aromatic heterocycles. The highest BCUT2D eigenvalue weighted by atomic mass is 35.5. The van der Waals surface area contributed by atoms with Gasteiger partial charge in [-0.1, -0.05) is 38.3 Å². The van der Waals surface area contributed by atoms with Crippen LogP contribution in [0.1, 0.15) is 56.6 Å². The highest BCUT2D eigenvalue weighted by Gasteiger charge is 2.46. The van der Waals surface area contributed by atoms with Crippen LogP contribution in [0.3, 0.4) is 0 Å². The molecule has 0 spiro atoms. The number of hydrogen-bond donors (Lipinski definition) is 1. The minimum Gasteiger partial charge on any atom is -0.486 e. The number of benzene rings is 1. The van der Waals surface area contributed by atoms with Crippen LogP contribution in [0.4, 0.5) is 0 Å². The molecule has 0 amide bonds. The second-order valence-electron chi connectivity index (χ2n) is 6.42. The van der Waals surface area contributed by atoms with Gasteiger partial charge < -0.3 is 14.6 Å². The molecule has 2 aliphatic rings. The summed E-state index contributed by atoms with van der Waals surface area (Å²) in [5, 5.41) is 10.3. The van der Waals surface area contributed by atoms with Crippen molar-refractivity contribution in [2.45, 2.75) is 50.9 Å². The average Bonchev–Trinajstić information content (AvgIpc) is 2.97. The predicted molar refractivity (Wildman–Crippen MR) is 84.3 cm³/mol. The Balaban J connectivity index is 2.27. The van der Waals surface area contributed by atoms with Crippen LogP contribution in [-0.2, 0) is 10.2 Å². The summed E-state index contributed by atoms with van der Waals surface area (Å²) < 4.78 is 11.5. The fourth-order valence-electron chi connectivity index (χ4n) is 3.73. The van der Waals surface area contributed by atoms with Gasteiger partial charge in [0, 0.05) is 5.56 Å². The van der Waals surface area contributed by atoms with E-state index in [1.807, 2.05) is 0 Å². The van der Waals surface area contributed by atoms with Crippen LogP contribution < -0.4 is 9.47 Å². The fourth-order valence-corrected chi connectivity index (χ4v) is 3.98. The summed E-state index contributed by atoms with van der Waals surface area (Å²) in [5.74, 6) is 0.564. The van der Waals surface area contributed by atoms with Crippen molar-refractivity contribution in [1.82, 2.24) is 0 Å². The van der Waals surface area contributed by atoms with E-state index in [4.69, 9.17) is 21.1 Å². The second-order valence-corrected chi connectivity index (χ2v) is 6.83. The normalized spacial score (nSPS) is 19.5. The molecular formula is C17H21ClO4. The Bertz CT molecular complexity index is 603. The monoisotopic (exact) mass is 324 g/mol. The van der Waals surface area contributed by atoms with E-state index >= 15 is 0 Å². The van der Waals surface area contributed by atoms with E-state index in [-0.39, 0.29) is 5.92 Å². The van der Waals surface area contributed by atoms with Crippen LogP contribution in [0.15, 0.2) is 6.07 Å². The summed E-state index contributed by atoms with van der Waals surface area (Å²) in [4.78, 5) is 12.1. The predicted octanol–water partition coefficient (Wildman–Crippen LogP) is 4.13. The molecule has 1 heterocycles.